The number of fused-ring (bicyclic) bond motifs is 4. The van der Waals surface area contributed by atoms with Gasteiger partial charge in [-0.2, -0.15) is 0 Å². The highest BCUT2D eigenvalue weighted by molar-refractivity contribution is 6.11. The molecule has 9 aromatic rings. The zero-order chi connectivity index (χ0) is 31.2. The quantitative estimate of drug-likeness (QED) is 0.197. The topological polar surface area (TPSA) is 51.8 Å². The van der Waals surface area contributed by atoms with Gasteiger partial charge in [-0.1, -0.05) is 152 Å². The van der Waals surface area contributed by atoms with Crippen molar-refractivity contribution in [3.8, 4) is 56.4 Å². The van der Waals surface area contributed by atoms with Crippen molar-refractivity contribution < 1.29 is 4.42 Å². The van der Waals surface area contributed by atoms with Crippen LogP contribution in [0.25, 0.3) is 89.1 Å². The van der Waals surface area contributed by atoms with Crippen LogP contribution < -0.4 is 0 Å². The molecule has 0 aliphatic carbocycles. The highest BCUT2D eigenvalue weighted by Crippen LogP contribution is 2.37. The molecule has 0 radical (unpaired) electrons. The first-order valence-corrected chi connectivity index (χ1v) is 15.7. The van der Waals surface area contributed by atoms with Gasteiger partial charge in [0.05, 0.1) is 0 Å². The summed E-state index contributed by atoms with van der Waals surface area (Å²) in [5.74, 6) is 1.86. The molecule has 4 heteroatoms. The van der Waals surface area contributed by atoms with E-state index in [9.17, 15) is 0 Å². The number of hydrogen-bond acceptors (Lipinski definition) is 4. The summed E-state index contributed by atoms with van der Waals surface area (Å²) >= 11 is 0. The van der Waals surface area contributed by atoms with Gasteiger partial charge in [0.25, 0.3) is 0 Å². The van der Waals surface area contributed by atoms with Crippen LogP contribution in [0, 0.1) is 0 Å². The third-order valence-corrected chi connectivity index (χ3v) is 8.77. The lowest BCUT2D eigenvalue weighted by molar-refractivity contribution is 0.669. The number of hydrogen-bond donors (Lipinski definition) is 0. The molecule has 2 aromatic heterocycles. The predicted molar refractivity (Wildman–Crippen MR) is 192 cm³/mol. The molecule has 0 saturated carbocycles. The van der Waals surface area contributed by atoms with E-state index in [-0.39, 0.29) is 0 Å². The van der Waals surface area contributed by atoms with Crippen LogP contribution in [0.1, 0.15) is 0 Å². The van der Waals surface area contributed by atoms with E-state index in [1.165, 1.54) is 21.9 Å². The number of para-hydroxylation sites is 1. The summed E-state index contributed by atoms with van der Waals surface area (Å²) in [5, 5.41) is 4.55. The standard InChI is InChI=1S/C43H27N3O/c1-2-11-32(12-3-1)41-44-42(46-43(45-41)37-17-9-19-39-40(37)36-15-6-7-18-38(36)47-39)33-26-22-29(23-27-33)28-20-24-31(25-21-28)35-16-8-13-30-10-4-5-14-34(30)35/h1-27H. The number of aromatic nitrogens is 3. The van der Waals surface area contributed by atoms with Crippen molar-refractivity contribution in [2.45, 2.75) is 0 Å². The maximum absolute atomic E-state index is 6.18. The lowest BCUT2D eigenvalue weighted by Crippen LogP contribution is -2.00. The summed E-state index contributed by atoms with van der Waals surface area (Å²) in [5.41, 5.74) is 9.14. The lowest BCUT2D eigenvalue weighted by Gasteiger charge is -2.10. The van der Waals surface area contributed by atoms with E-state index in [4.69, 9.17) is 19.4 Å². The number of benzene rings is 7. The molecule has 0 aliphatic heterocycles. The zero-order valence-electron chi connectivity index (χ0n) is 25.3. The first-order valence-electron chi connectivity index (χ1n) is 15.7. The van der Waals surface area contributed by atoms with Gasteiger partial charge in [0.2, 0.25) is 0 Å². The van der Waals surface area contributed by atoms with E-state index in [1.807, 2.05) is 60.7 Å². The Morgan fingerprint density at radius 3 is 1.60 bits per heavy atom. The van der Waals surface area contributed by atoms with Gasteiger partial charge in [-0.3, -0.25) is 0 Å². The largest absolute Gasteiger partial charge is 0.456 e. The van der Waals surface area contributed by atoms with E-state index in [0.717, 1.165) is 49.8 Å². The van der Waals surface area contributed by atoms with Crippen molar-refractivity contribution >= 4 is 32.7 Å². The van der Waals surface area contributed by atoms with Gasteiger partial charge in [-0.25, -0.2) is 15.0 Å². The molecule has 0 unspecified atom stereocenters. The van der Waals surface area contributed by atoms with Crippen LogP contribution >= 0.6 is 0 Å². The van der Waals surface area contributed by atoms with Crippen LogP contribution in [0.15, 0.2) is 168 Å². The van der Waals surface area contributed by atoms with Gasteiger partial charge >= 0.3 is 0 Å². The summed E-state index contributed by atoms with van der Waals surface area (Å²) < 4.78 is 6.18. The fraction of sp³-hybridized carbons (Fsp3) is 0. The molecule has 0 N–H and O–H groups in total. The van der Waals surface area contributed by atoms with Gasteiger partial charge in [0.15, 0.2) is 17.5 Å². The molecule has 47 heavy (non-hydrogen) atoms. The summed E-state index contributed by atoms with van der Waals surface area (Å²) in [6.45, 7) is 0. The maximum atomic E-state index is 6.18. The van der Waals surface area contributed by atoms with Crippen molar-refractivity contribution in [1.29, 1.82) is 0 Å². The van der Waals surface area contributed by atoms with Crippen molar-refractivity contribution in [2.75, 3.05) is 0 Å². The first-order chi connectivity index (χ1) is 23.3. The second-order valence-electron chi connectivity index (χ2n) is 11.6. The summed E-state index contributed by atoms with van der Waals surface area (Å²) in [4.78, 5) is 15.0. The fourth-order valence-electron chi connectivity index (χ4n) is 6.43. The molecular formula is C43H27N3O. The van der Waals surface area contributed by atoms with Gasteiger partial charge in [-0.15, -0.1) is 0 Å². The van der Waals surface area contributed by atoms with Gasteiger partial charge < -0.3 is 4.42 Å². The highest BCUT2D eigenvalue weighted by atomic mass is 16.3. The Kier molecular flexibility index (Phi) is 6.43. The van der Waals surface area contributed by atoms with E-state index in [2.05, 4.69) is 103 Å². The minimum Gasteiger partial charge on any atom is -0.456 e. The van der Waals surface area contributed by atoms with Gasteiger partial charge in [0.1, 0.15) is 11.2 Å². The summed E-state index contributed by atoms with van der Waals surface area (Å²) in [6, 6.07) is 56.4. The molecule has 0 aliphatic rings. The molecule has 9 rings (SSSR count). The summed E-state index contributed by atoms with van der Waals surface area (Å²) in [7, 11) is 0. The smallest absolute Gasteiger partial charge is 0.164 e. The van der Waals surface area contributed by atoms with E-state index in [0.29, 0.717) is 17.5 Å². The Hall–Kier alpha value is -6.39. The van der Waals surface area contributed by atoms with Crippen LogP contribution in [0.5, 0.6) is 0 Å². The van der Waals surface area contributed by atoms with Crippen LogP contribution in [0.3, 0.4) is 0 Å². The zero-order valence-corrected chi connectivity index (χ0v) is 25.3. The van der Waals surface area contributed by atoms with E-state index >= 15 is 0 Å². The monoisotopic (exact) mass is 601 g/mol. The molecule has 0 fully saturated rings. The van der Waals surface area contributed by atoms with Crippen LogP contribution in [-0.2, 0) is 0 Å². The Bertz CT molecular complexity index is 2550. The Morgan fingerprint density at radius 2 is 0.830 bits per heavy atom. The molecule has 4 nitrogen and oxygen atoms in total. The third-order valence-electron chi connectivity index (χ3n) is 8.77. The van der Waals surface area contributed by atoms with E-state index < -0.39 is 0 Å². The molecule has 220 valence electrons. The second kappa shape index (κ2) is 11.2. The molecule has 0 saturated heterocycles. The lowest BCUT2D eigenvalue weighted by atomic mass is 9.96. The van der Waals surface area contributed by atoms with Gasteiger partial charge in [0, 0.05) is 27.5 Å². The van der Waals surface area contributed by atoms with Crippen molar-refractivity contribution in [2.24, 2.45) is 0 Å². The fourth-order valence-corrected chi connectivity index (χ4v) is 6.43. The normalized spacial score (nSPS) is 11.4. The molecule has 0 bridgehead atoms. The molecule has 2 heterocycles. The van der Waals surface area contributed by atoms with Crippen LogP contribution in [-0.4, -0.2) is 15.0 Å². The minimum atomic E-state index is 0.610. The number of furan rings is 1. The highest BCUT2D eigenvalue weighted by Gasteiger charge is 2.17. The van der Waals surface area contributed by atoms with Gasteiger partial charge in [-0.05, 0) is 45.2 Å². The SMILES string of the molecule is c1ccc(-c2nc(-c3ccc(-c4ccc(-c5cccc6ccccc56)cc4)cc3)nc(-c3cccc4oc5ccccc5c34)n2)cc1. The first kappa shape index (κ1) is 27.0. The third kappa shape index (κ3) is 4.84. The average Bonchev–Trinajstić information content (AvgIpc) is 3.54. The maximum Gasteiger partial charge on any atom is 0.164 e. The van der Waals surface area contributed by atoms with Crippen LogP contribution in [0.4, 0.5) is 0 Å². The van der Waals surface area contributed by atoms with Crippen molar-refractivity contribution in [3.05, 3.63) is 164 Å². The minimum absolute atomic E-state index is 0.610. The Balaban J connectivity index is 1.11. The van der Waals surface area contributed by atoms with Crippen molar-refractivity contribution in [3.63, 3.8) is 0 Å². The average molecular weight is 602 g/mol. The van der Waals surface area contributed by atoms with Crippen molar-refractivity contribution in [1.82, 2.24) is 15.0 Å². The molecule has 0 atom stereocenters. The number of nitrogens with zero attached hydrogens (tertiary/aromatic N) is 3. The summed E-state index contributed by atoms with van der Waals surface area (Å²) in [6.07, 6.45) is 0. The number of rotatable bonds is 5. The molecule has 0 spiro atoms. The Labute approximate surface area is 271 Å². The van der Waals surface area contributed by atoms with E-state index in [1.54, 1.807) is 0 Å². The second-order valence-corrected chi connectivity index (χ2v) is 11.6. The molecule has 7 aromatic carbocycles. The van der Waals surface area contributed by atoms with Crippen LogP contribution in [0.2, 0.25) is 0 Å². The molecular weight excluding hydrogens is 574 g/mol. The Morgan fingerprint density at radius 1 is 0.319 bits per heavy atom. The predicted octanol–water partition coefficient (Wildman–Crippen LogP) is 11.3. The molecule has 0 amide bonds.